The molecule has 1 heterocycles. The third-order valence-electron chi connectivity index (χ3n) is 4.21. The van der Waals surface area contributed by atoms with Crippen LogP contribution in [-0.4, -0.2) is 32.2 Å². The minimum Gasteiger partial charge on any atom is -0.382 e. The average molecular weight is 410 g/mol. The van der Waals surface area contributed by atoms with E-state index in [1.165, 1.54) is 5.56 Å². The second-order valence-corrected chi connectivity index (χ2v) is 8.51. The molecular formula is C18H20BrNO3S. The van der Waals surface area contributed by atoms with Crippen LogP contribution in [0.15, 0.2) is 59.1 Å². The van der Waals surface area contributed by atoms with Gasteiger partial charge in [-0.3, -0.25) is 4.90 Å². The van der Waals surface area contributed by atoms with Gasteiger partial charge in [0, 0.05) is 17.1 Å². The number of hydrogen-bond donors (Lipinski definition) is 0. The standard InChI is InChI=1S/C18H20BrNO3S/c19-16-10-8-15(9-11-16)18-7-4-12-20(18)13-14-24(21,22)23-17-5-2-1-3-6-17/h1-3,5-6,8-11,18H,4,7,12-14H2. The van der Waals surface area contributed by atoms with E-state index in [2.05, 4.69) is 33.0 Å². The van der Waals surface area contributed by atoms with Gasteiger partial charge in [-0.25, -0.2) is 0 Å². The van der Waals surface area contributed by atoms with Crippen molar-refractivity contribution in [1.82, 2.24) is 4.90 Å². The van der Waals surface area contributed by atoms with E-state index in [1.54, 1.807) is 24.3 Å². The monoisotopic (exact) mass is 409 g/mol. The van der Waals surface area contributed by atoms with Crippen molar-refractivity contribution in [1.29, 1.82) is 0 Å². The van der Waals surface area contributed by atoms with Gasteiger partial charge in [-0.2, -0.15) is 8.42 Å². The van der Waals surface area contributed by atoms with Crippen LogP contribution in [0.3, 0.4) is 0 Å². The van der Waals surface area contributed by atoms with Crippen molar-refractivity contribution >= 4 is 26.0 Å². The summed E-state index contributed by atoms with van der Waals surface area (Å²) in [5.41, 5.74) is 1.23. The summed E-state index contributed by atoms with van der Waals surface area (Å²) in [6.45, 7) is 1.40. The molecule has 0 amide bonds. The summed E-state index contributed by atoms with van der Waals surface area (Å²) in [6, 6.07) is 17.2. The summed E-state index contributed by atoms with van der Waals surface area (Å²) in [4.78, 5) is 2.23. The van der Waals surface area contributed by atoms with E-state index in [4.69, 9.17) is 4.18 Å². The van der Waals surface area contributed by atoms with Crippen LogP contribution >= 0.6 is 15.9 Å². The van der Waals surface area contributed by atoms with E-state index >= 15 is 0 Å². The first kappa shape index (κ1) is 17.5. The Kier molecular flexibility index (Phi) is 5.58. The Morgan fingerprint density at radius 3 is 2.50 bits per heavy atom. The number of nitrogens with zero attached hydrogens (tertiary/aromatic N) is 1. The number of benzene rings is 2. The Bertz CT molecular complexity index is 763. The van der Waals surface area contributed by atoms with Crippen molar-refractivity contribution in [3.8, 4) is 5.75 Å². The number of likely N-dealkylation sites (tertiary alicyclic amines) is 1. The Hall–Kier alpha value is -1.37. The highest BCUT2D eigenvalue weighted by Crippen LogP contribution is 2.32. The molecule has 0 aliphatic carbocycles. The summed E-state index contributed by atoms with van der Waals surface area (Å²) in [6.07, 6.45) is 2.14. The molecule has 6 heteroatoms. The van der Waals surface area contributed by atoms with Gasteiger partial charge in [-0.05, 0) is 49.2 Å². The molecule has 1 saturated heterocycles. The van der Waals surface area contributed by atoms with Crippen LogP contribution in [-0.2, 0) is 10.1 Å². The zero-order valence-electron chi connectivity index (χ0n) is 13.3. The molecule has 24 heavy (non-hydrogen) atoms. The van der Waals surface area contributed by atoms with Crippen LogP contribution in [0, 0.1) is 0 Å². The fourth-order valence-electron chi connectivity index (χ4n) is 3.05. The van der Waals surface area contributed by atoms with Crippen LogP contribution in [0.5, 0.6) is 5.75 Å². The first-order chi connectivity index (χ1) is 11.5. The first-order valence-corrected chi connectivity index (χ1v) is 10.4. The van der Waals surface area contributed by atoms with Crippen LogP contribution in [0.1, 0.15) is 24.4 Å². The van der Waals surface area contributed by atoms with Crippen LogP contribution in [0.4, 0.5) is 0 Å². The first-order valence-electron chi connectivity index (χ1n) is 8.00. The molecule has 0 bridgehead atoms. The van der Waals surface area contributed by atoms with Crippen LogP contribution in [0.2, 0.25) is 0 Å². The Labute approximate surface area is 151 Å². The molecular weight excluding hydrogens is 390 g/mol. The molecule has 1 atom stereocenters. The number of hydrogen-bond acceptors (Lipinski definition) is 4. The number of rotatable bonds is 6. The molecule has 1 aliphatic heterocycles. The molecule has 128 valence electrons. The smallest absolute Gasteiger partial charge is 0.310 e. The van der Waals surface area contributed by atoms with E-state index in [-0.39, 0.29) is 11.8 Å². The number of para-hydroxylation sites is 1. The van der Waals surface area contributed by atoms with Crippen molar-refractivity contribution in [2.24, 2.45) is 0 Å². The Morgan fingerprint density at radius 1 is 1.08 bits per heavy atom. The van der Waals surface area contributed by atoms with Gasteiger partial charge in [0.25, 0.3) is 0 Å². The second-order valence-electron chi connectivity index (χ2n) is 5.90. The molecule has 0 saturated carbocycles. The van der Waals surface area contributed by atoms with Gasteiger partial charge >= 0.3 is 10.1 Å². The van der Waals surface area contributed by atoms with Crippen LogP contribution in [0.25, 0.3) is 0 Å². The lowest BCUT2D eigenvalue weighted by Gasteiger charge is -2.24. The summed E-state index contributed by atoms with van der Waals surface area (Å²) < 4.78 is 30.6. The molecule has 2 aromatic carbocycles. The third kappa shape index (κ3) is 4.59. The zero-order valence-corrected chi connectivity index (χ0v) is 15.7. The van der Waals surface area contributed by atoms with Crippen molar-refractivity contribution < 1.29 is 12.6 Å². The lowest BCUT2D eigenvalue weighted by atomic mass is 10.1. The topological polar surface area (TPSA) is 46.6 Å². The largest absolute Gasteiger partial charge is 0.382 e. The summed E-state index contributed by atoms with van der Waals surface area (Å²) in [5, 5.41) is 0. The molecule has 2 aromatic rings. The lowest BCUT2D eigenvalue weighted by molar-refractivity contribution is 0.270. The lowest BCUT2D eigenvalue weighted by Crippen LogP contribution is -2.30. The fourth-order valence-corrected chi connectivity index (χ4v) is 4.26. The maximum atomic E-state index is 12.2. The van der Waals surface area contributed by atoms with Gasteiger partial charge < -0.3 is 4.18 Å². The normalized spacial score (nSPS) is 18.6. The highest BCUT2D eigenvalue weighted by molar-refractivity contribution is 9.10. The zero-order chi connectivity index (χ0) is 17.0. The van der Waals surface area contributed by atoms with E-state index < -0.39 is 10.1 Å². The van der Waals surface area contributed by atoms with Crippen LogP contribution < -0.4 is 4.18 Å². The maximum absolute atomic E-state index is 12.2. The summed E-state index contributed by atoms with van der Waals surface area (Å²) >= 11 is 3.45. The molecule has 0 spiro atoms. The van der Waals surface area contributed by atoms with Gasteiger partial charge in [0.05, 0.1) is 5.75 Å². The molecule has 0 radical (unpaired) electrons. The van der Waals surface area contributed by atoms with E-state index in [0.717, 1.165) is 23.9 Å². The van der Waals surface area contributed by atoms with Gasteiger partial charge in [0.15, 0.2) is 0 Å². The average Bonchev–Trinajstić information content (AvgIpc) is 3.03. The van der Waals surface area contributed by atoms with Gasteiger partial charge in [0.1, 0.15) is 5.75 Å². The fraction of sp³-hybridized carbons (Fsp3) is 0.333. The highest BCUT2D eigenvalue weighted by atomic mass is 79.9. The van der Waals surface area contributed by atoms with E-state index in [1.807, 2.05) is 18.2 Å². The molecule has 1 aliphatic rings. The molecule has 1 unspecified atom stereocenters. The highest BCUT2D eigenvalue weighted by Gasteiger charge is 2.27. The Balaban J connectivity index is 1.61. The minimum atomic E-state index is -3.58. The molecule has 3 rings (SSSR count). The maximum Gasteiger partial charge on any atom is 0.310 e. The van der Waals surface area contributed by atoms with E-state index in [0.29, 0.717) is 12.3 Å². The predicted octanol–water partition coefficient (Wildman–Crippen LogP) is 3.99. The molecule has 0 N–H and O–H groups in total. The molecule has 0 aromatic heterocycles. The SMILES string of the molecule is O=S(=O)(CCN1CCCC1c1ccc(Br)cc1)Oc1ccccc1. The third-order valence-corrected chi connectivity index (χ3v) is 5.87. The summed E-state index contributed by atoms with van der Waals surface area (Å²) in [7, 11) is -3.58. The van der Waals surface area contributed by atoms with Crippen molar-refractivity contribution in [3.63, 3.8) is 0 Å². The Morgan fingerprint density at radius 2 is 1.79 bits per heavy atom. The van der Waals surface area contributed by atoms with Crippen molar-refractivity contribution in [2.75, 3.05) is 18.8 Å². The molecule has 4 nitrogen and oxygen atoms in total. The van der Waals surface area contributed by atoms with Gasteiger partial charge in [-0.15, -0.1) is 0 Å². The predicted molar refractivity (Wildman–Crippen MR) is 98.5 cm³/mol. The second kappa shape index (κ2) is 7.68. The summed E-state index contributed by atoms with van der Waals surface area (Å²) in [5.74, 6) is 0.359. The van der Waals surface area contributed by atoms with E-state index in [9.17, 15) is 8.42 Å². The minimum absolute atomic E-state index is 0.00504. The van der Waals surface area contributed by atoms with Gasteiger partial charge in [-0.1, -0.05) is 46.3 Å². The molecule has 1 fully saturated rings. The van der Waals surface area contributed by atoms with Crippen molar-refractivity contribution in [2.45, 2.75) is 18.9 Å². The van der Waals surface area contributed by atoms with Gasteiger partial charge in [0.2, 0.25) is 0 Å². The van der Waals surface area contributed by atoms with Crippen molar-refractivity contribution in [3.05, 3.63) is 64.6 Å². The quantitative estimate of drug-likeness (QED) is 0.676. The number of halogens is 1.